The van der Waals surface area contributed by atoms with Crippen LogP contribution in [0.3, 0.4) is 0 Å². The first kappa shape index (κ1) is 27.6. The summed E-state index contributed by atoms with van der Waals surface area (Å²) < 4.78 is 0. The molecular weight excluding hydrogens is 496 g/mol. The molecule has 2 amide bonds. The van der Waals surface area contributed by atoms with Crippen molar-refractivity contribution in [2.75, 3.05) is 33.1 Å². The Kier molecular flexibility index (Phi) is 6.79. The highest BCUT2D eigenvalue weighted by Gasteiger charge is 2.66. The minimum Gasteiger partial charge on any atom is -0.508 e. The number of amides is 2. The van der Waals surface area contributed by atoms with Crippen LogP contribution in [0.1, 0.15) is 34.8 Å². The van der Waals surface area contributed by atoms with Crippen molar-refractivity contribution in [2.24, 2.45) is 23.5 Å². The second-order valence-corrected chi connectivity index (χ2v) is 10.9. The maximum Gasteiger partial charge on any atom is 0.230 e. The maximum absolute atomic E-state index is 13.9. The molecule has 4 rings (SSSR count). The number of phenols is 1. The van der Waals surface area contributed by atoms with E-state index in [4.69, 9.17) is 5.73 Å². The van der Waals surface area contributed by atoms with Crippen LogP contribution in [0.5, 0.6) is 5.75 Å². The van der Waals surface area contributed by atoms with Gasteiger partial charge in [-0.25, -0.2) is 0 Å². The number of hydrogen-bond acceptors (Lipinski definition) is 10. The van der Waals surface area contributed by atoms with Gasteiger partial charge in [0, 0.05) is 56.3 Å². The molecule has 0 aromatic heterocycles. The largest absolute Gasteiger partial charge is 0.508 e. The van der Waals surface area contributed by atoms with Gasteiger partial charge in [0.1, 0.15) is 17.4 Å². The topological polar surface area (TPSA) is 194 Å². The Hall–Kier alpha value is -3.48. The number of nitrogens with zero attached hydrogens (tertiary/aromatic N) is 2. The van der Waals surface area contributed by atoms with Crippen molar-refractivity contribution in [3.63, 3.8) is 0 Å². The van der Waals surface area contributed by atoms with Gasteiger partial charge in [0.2, 0.25) is 11.8 Å². The number of allylic oxidation sites excluding steroid dienone is 1. The lowest BCUT2D eigenvalue weighted by molar-refractivity contribution is -0.178. The van der Waals surface area contributed by atoms with Gasteiger partial charge in [-0.1, -0.05) is 0 Å². The van der Waals surface area contributed by atoms with E-state index >= 15 is 0 Å². The summed E-state index contributed by atoms with van der Waals surface area (Å²) in [5.74, 6) is -8.17. The highest BCUT2D eigenvalue weighted by atomic mass is 16.4. The number of carbonyl (C=O) groups excluding carboxylic acids is 4. The number of carbonyl (C=O) groups is 4. The fourth-order valence-electron chi connectivity index (χ4n) is 6.46. The van der Waals surface area contributed by atoms with Crippen LogP contribution in [-0.4, -0.2) is 94.6 Å². The number of hydrogen-bond donors (Lipinski definition) is 6. The lowest BCUT2D eigenvalue weighted by atomic mass is 9.56. The minimum absolute atomic E-state index is 0.0411. The smallest absolute Gasteiger partial charge is 0.230 e. The third kappa shape index (κ3) is 3.86. The summed E-state index contributed by atoms with van der Waals surface area (Å²) in [5.41, 5.74) is 3.89. The van der Waals surface area contributed by atoms with E-state index in [0.29, 0.717) is 11.3 Å². The lowest BCUT2D eigenvalue weighted by Gasteiger charge is -2.53. The van der Waals surface area contributed by atoms with E-state index in [2.05, 4.69) is 5.32 Å². The Morgan fingerprint density at radius 2 is 1.82 bits per heavy atom. The van der Waals surface area contributed by atoms with E-state index in [1.165, 1.54) is 6.92 Å². The maximum atomic E-state index is 13.9. The number of aliphatic hydroxyl groups excluding tert-OH is 2. The molecule has 1 aromatic rings. The monoisotopic (exact) mass is 530 g/mol. The molecule has 12 heteroatoms. The zero-order valence-electron chi connectivity index (χ0n) is 22.0. The van der Waals surface area contributed by atoms with Crippen LogP contribution in [0.25, 0.3) is 0 Å². The molecule has 0 heterocycles. The molecule has 1 fully saturated rings. The number of aliphatic hydroxyl groups is 3. The number of likely N-dealkylation sites (N-methyl/N-ethyl adjacent to an activating group) is 1. The quantitative estimate of drug-likeness (QED) is 0.257. The molecule has 0 aliphatic heterocycles. The van der Waals surface area contributed by atoms with Crippen LogP contribution in [0.4, 0.5) is 5.69 Å². The van der Waals surface area contributed by atoms with Crippen LogP contribution in [0.15, 0.2) is 17.4 Å². The van der Waals surface area contributed by atoms with E-state index in [0.717, 1.165) is 0 Å². The molecule has 1 aromatic carbocycles. The van der Waals surface area contributed by atoms with Gasteiger partial charge in [0.05, 0.1) is 11.7 Å². The van der Waals surface area contributed by atoms with Gasteiger partial charge in [-0.05, 0) is 44.5 Å². The molecule has 0 saturated heterocycles. The van der Waals surface area contributed by atoms with Gasteiger partial charge in [-0.3, -0.25) is 19.2 Å². The van der Waals surface area contributed by atoms with E-state index < -0.39 is 58.7 Å². The molecule has 3 aliphatic carbocycles. The van der Waals surface area contributed by atoms with Gasteiger partial charge in [0.15, 0.2) is 17.2 Å². The fourth-order valence-corrected chi connectivity index (χ4v) is 6.46. The summed E-state index contributed by atoms with van der Waals surface area (Å²) in [7, 11) is 6.76. The van der Waals surface area contributed by atoms with Crippen molar-refractivity contribution in [1.82, 2.24) is 10.2 Å². The average molecular weight is 531 g/mol. The number of benzene rings is 1. The predicted molar refractivity (Wildman–Crippen MR) is 135 cm³/mol. The molecule has 0 spiro atoms. The van der Waals surface area contributed by atoms with Crippen molar-refractivity contribution < 1.29 is 39.6 Å². The van der Waals surface area contributed by atoms with Gasteiger partial charge >= 0.3 is 0 Å². The first-order chi connectivity index (χ1) is 17.6. The van der Waals surface area contributed by atoms with Crippen molar-refractivity contribution >= 4 is 29.1 Å². The highest BCUT2D eigenvalue weighted by molar-refractivity contribution is 6.16. The number of nitrogens with two attached hydrogens (primary N) is 1. The molecule has 7 N–H and O–H groups in total. The van der Waals surface area contributed by atoms with E-state index in [9.17, 15) is 39.6 Å². The first-order valence-electron chi connectivity index (χ1n) is 12.3. The van der Waals surface area contributed by atoms with Crippen LogP contribution < -0.4 is 16.0 Å². The zero-order valence-corrected chi connectivity index (χ0v) is 22.0. The third-order valence-corrected chi connectivity index (χ3v) is 8.16. The average Bonchev–Trinajstić information content (AvgIpc) is 2.80. The van der Waals surface area contributed by atoms with Crippen LogP contribution >= 0.6 is 0 Å². The van der Waals surface area contributed by atoms with Gasteiger partial charge in [-0.2, -0.15) is 0 Å². The molecule has 206 valence electrons. The van der Waals surface area contributed by atoms with Gasteiger partial charge in [0.25, 0.3) is 0 Å². The van der Waals surface area contributed by atoms with Crippen molar-refractivity contribution in [2.45, 2.75) is 44.1 Å². The second kappa shape index (κ2) is 9.37. The molecule has 38 heavy (non-hydrogen) atoms. The molecule has 6 atom stereocenters. The van der Waals surface area contributed by atoms with Crippen molar-refractivity contribution in [1.29, 1.82) is 0 Å². The molecule has 1 saturated carbocycles. The molecule has 12 nitrogen and oxygen atoms in total. The molecular formula is C26H34N4O8. The Morgan fingerprint density at radius 3 is 2.34 bits per heavy atom. The highest BCUT2D eigenvalue weighted by Crippen LogP contribution is 2.53. The van der Waals surface area contributed by atoms with Crippen LogP contribution in [0.2, 0.25) is 0 Å². The number of fused-ring (bicyclic) bond motifs is 3. The van der Waals surface area contributed by atoms with Crippen molar-refractivity contribution in [3.8, 4) is 5.75 Å². The normalized spacial score (nSPS) is 30.5. The minimum atomic E-state index is -2.64. The Balaban J connectivity index is 1.94. The molecule has 3 unspecified atom stereocenters. The Morgan fingerprint density at radius 1 is 1.18 bits per heavy atom. The molecule has 0 radical (unpaired) electrons. The van der Waals surface area contributed by atoms with Gasteiger partial charge in [-0.15, -0.1) is 0 Å². The third-order valence-electron chi connectivity index (χ3n) is 8.16. The number of rotatable bonds is 5. The second-order valence-electron chi connectivity index (χ2n) is 10.9. The number of aromatic hydroxyl groups is 1. The predicted octanol–water partition coefficient (Wildman–Crippen LogP) is -1.01. The number of Topliss-reactive ketones (excluding diaryl/α,β-unsaturated/α-hetero) is 2. The summed E-state index contributed by atoms with van der Waals surface area (Å²) in [6, 6.07) is 0.746. The summed E-state index contributed by atoms with van der Waals surface area (Å²) in [6.07, 6.45) is -1.29. The van der Waals surface area contributed by atoms with Crippen LogP contribution in [-0.2, 0) is 27.3 Å². The number of phenolic OH excluding ortho intramolecular Hbond substituents is 1. The SMILES string of the molecule is CC(=O)NCc1cc(N(C)C)c2c(c1O)C(=O)C1=C(O)[C@]3(O)C(=O)C(C(N)=O)C(O)C(N(C)C)[C@@H]3C[C@@H]1C2. The standard InChI is InChI=1S/C26H34N4O8/c1-10(31)28-9-12-8-15(29(2)3)13-6-11-7-14-19(30(4)5)22(34)18(25(27)37)24(36)26(14,38)23(35)16(11)21(33)17(13)20(12)32/h8,11,14,18-19,22,32,34-35,38H,6-7,9H2,1-5H3,(H2,27,37)(H,28,31)/t11-,14-,18?,19?,22?,26-/m0/s1. The molecule has 0 bridgehead atoms. The van der Waals surface area contributed by atoms with E-state index in [1.807, 2.05) is 0 Å². The van der Waals surface area contributed by atoms with Crippen LogP contribution in [0, 0.1) is 17.8 Å². The zero-order chi connectivity index (χ0) is 28.4. The first-order valence-corrected chi connectivity index (χ1v) is 12.3. The fraction of sp³-hybridized carbons (Fsp3) is 0.538. The summed E-state index contributed by atoms with van der Waals surface area (Å²) in [4.78, 5) is 54.3. The summed E-state index contributed by atoms with van der Waals surface area (Å²) in [6.45, 7) is 1.27. The molecule has 3 aliphatic rings. The van der Waals surface area contributed by atoms with E-state index in [-0.39, 0.29) is 47.7 Å². The number of ketones is 2. The van der Waals surface area contributed by atoms with Gasteiger partial charge < -0.3 is 41.3 Å². The van der Waals surface area contributed by atoms with Crippen molar-refractivity contribution in [3.05, 3.63) is 34.1 Å². The summed E-state index contributed by atoms with van der Waals surface area (Å²) in [5, 5.41) is 47.8. The number of anilines is 1. The number of nitrogens with one attached hydrogen (secondary N) is 1. The Bertz CT molecular complexity index is 1270. The lowest BCUT2D eigenvalue weighted by Crippen LogP contribution is -2.71. The Labute approximate surface area is 219 Å². The van der Waals surface area contributed by atoms with E-state index in [1.54, 1.807) is 44.1 Å². The summed E-state index contributed by atoms with van der Waals surface area (Å²) >= 11 is 0. The number of primary amides is 1.